The van der Waals surface area contributed by atoms with Crippen LogP contribution in [-0.4, -0.2) is 0 Å². The molecule has 0 atom stereocenters. The van der Waals surface area contributed by atoms with Gasteiger partial charge in [0.15, 0.2) is 0 Å². The van der Waals surface area contributed by atoms with E-state index in [0.717, 1.165) is 0 Å². The maximum absolute atomic E-state index is 2.41. The van der Waals surface area contributed by atoms with Crippen LogP contribution in [0.4, 0.5) is 0 Å². The highest BCUT2D eigenvalue weighted by atomic mass is 32.1. The standard InChI is InChI=1S/C38H22S2/c1-2-9-24-20-26(17-16-23(24)8-1)36-27-10-3-5-12-29(27)37(30-13-6-4-11-28(30)36)31-14-7-15-33-38(31)32-22-34-25(18-19-39-34)21-35(32)40-33/h1-22H. The van der Waals surface area contributed by atoms with Gasteiger partial charge in [-0.15, -0.1) is 22.7 Å². The first-order valence-corrected chi connectivity index (χ1v) is 15.3. The van der Waals surface area contributed by atoms with E-state index in [2.05, 4.69) is 133 Å². The van der Waals surface area contributed by atoms with Gasteiger partial charge in [-0.05, 0) is 95.7 Å². The van der Waals surface area contributed by atoms with Gasteiger partial charge in [-0.1, -0.05) is 97.1 Å². The van der Waals surface area contributed by atoms with Crippen molar-refractivity contribution in [3.05, 3.63) is 133 Å². The maximum Gasteiger partial charge on any atom is 0.0362 e. The first-order valence-electron chi connectivity index (χ1n) is 13.6. The van der Waals surface area contributed by atoms with Crippen LogP contribution in [0.5, 0.6) is 0 Å². The van der Waals surface area contributed by atoms with Gasteiger partial charge in [0, 0.05) is 24.9 Å². The molecule has 7 aromatic carbocycles. The number of hydrogen-bond donors (Lipinski definition) is 0. The van der Waals surface area contributed by atoms with E-state index in [9.17, 15) is 0 Å². The molecule has 0 aliphatic rings. The molecule has 0 spiro atoms. The Kier molecular flexibility index (Phi) is 4.74. The summed E-state index contributed by atoms with van der Waals surface area (Å²) >= 11 is 3.73. The molecule has 2 heteroatoms. The second-order valence-electron chi connectivity index (χ2n) is 10.5. The van der Waals surface area contributed by atoms with Crippen LogP contribution in [0, 0.1) is 0 Å². The van der Waals surface area contributed by atoms with Crippen molar-refractivity contribution >= 4 is 85.2 Å². The maximum atomic E-state index is 2.41. The fraction of sp³-hybridized carbons (Fsp3) is 0. The molecule has 9 rings (SSSR count). The van der Waals surface area contributed by atoms with Crippen molar-refractivity contribution in [2.24, 2.45) is 0 Å². The Hall–Kier alpha value is -4.50. The largest absolute Gasteiger partial charge is 0.144 e. The van der Waals surface area contributed by atoms with E-state index in [1.807, 2.05) is 22.7 Å². The van der Waals surface area contributed by atoms with E-state index in [-0.39, 0.29) is 0 Å². The predicted molar refractivity (Wildman–Crippen MR) is 178 cm³/mol. The number of rotatable bonds is 2. The Balaban J connectivity index is 1.44. The van der Waals surface area contributed by atoms with Crippen LogP contribution >= 0.6 is 22.7 Å². The monoisotopic (exact) mass is 542 g/mol. The topological polar surface area (TPSA) is 0 Å². The zero-order chi connectivity index (χ0) is 26.2. The summed E-state index contributed by atoms with van der Waals surface area (Å²) < 4.78 is 4.05. The van der Waals surface area contributed by atoms with E-state index in [1.165, 1.54) is 84.8 Å². The summed E-state index contributed by atoms with van der Waals surface area (Å²) in [6.45, 7) is 0. The first kappa shape index (κ1) is 22.3. The lowest BCUT2D eigenvalue weighted by Crippen LogP contribution is -1.91. The van der Waals surface area contributed by atoms with E-state index in [4.69, 9.17) is 0 Å². The van der Waals surface area contributed by atoms with Gasteiger partial charge >= 0.3 is 0 Å². The Morgan fingerprint density at radius 2 is 1.10 bits per heavy atom. The molecular weight excluding hydrogens is 521 g/mol. The Morgan fingerprint density at radius 3 is 1.88 bits per heavy atom. The minimum Gasteiger partial charge on any atom is -0.144 e. The van der Waals surface area contributed by atoms with Crippen molar-refractivity contribution in [1.82, 2.24) is 0 Å². The molecule has 0 saturated heterocycles. The smallest absolute Gasteiger partial charge is 0.0362 e. The van der Waals surface area contributed by atoms with Crippen molar-refractivity contribution < 1.29 is 0 Å². The summed E-state index contributed by atoms with van der Waals surface area (Å²) in [7, 11) is 0. The number of hydrogen-bond acceptors (Lipinski definition) is 2. The summed E-state index contributed by atoms with van der Waals surface area (Å²) in [5.41, 5.74) is 5.21. The van der Waals surface area contributed by atoms with Crippen molar-refractivity contribution in [2.45, 2.75) is 0 Å². The average molecular weight is 543 g/mol. The lowest BCUT2D eigenvalue weighted by atomic mass is 9.84. The van der Waals surface area contributed by atoms with E-state index in [1.54, 1.807) is 0 Å². The Bertz CT molecular complexity index is 2380. The molecule has 186 valence electrons. The highest BCUT2D eigenvalue weighted by Gasteiger charge is 2.20. The molecule has 2 heterocycles. The number of fused-ring (bicyclic) bond motifs is 7. The van der Waals surface area contributed by atoms with Gasteiger partial charge in [0.1, 0.15) is 0 Å². The van der Waals surface area contributed by atoms with E-state index in [0.29, 0.717) is 0 Å². The van der Waals surface area contributed by atoms with Crippen LogP contribution in [0.3, 0.4) is 0 Å². The average Bonchev–Trinajstić information content (AvgIpc) is 3.62. The first-order chi connectivity index (χ1) is 19.8. The lowest BCUT2D eigenvalue weighted by Gasteiger charge is -2.18. The molecule has 9 aromatic rings. The Morgan fingerprint density at radius 1 is 0.400 bits per heavy atom. The molecule has 0 amide bonds. The zero-order valence-electron chi connectivity index (χ0n) is 21.5. The van der Waals surface area contributed by atoms with Crippen molar-refractivity contribution in [3.8, 4) is 22.3 Å². The lowest BCUT2D eigenvalue weighted by molar-refractivity contribution is 1.69. The molecule has 0 N–H and O–H groups in total. The fourth-order valence-corrected chi connectivity index (χ4v) is 8.54. The Labute approximate surface area is 239 Å². The van der Waals surface area contributed by atoms with Crippen molar-refractivity contribution in [1.29, 1.82) is 0 Å². The van der Waals surface area contributed by atoms with Gasteiger partial charge in [0.2, 0.25) is 0 Å². The fourth-order valence-electron chi connectivity index (χ4n) is 6.56. The third kappa shape index (κ3) is 3.18. The van der Waals surface area contributed by atoms with Crippen molar-refractivity contribution in [2.75, 3.05) is 0 Å². The van der Waals surface area contributed by atoms with Crippen LogP contribution < -0.4 is 0 Å². The summed E-state index contributed by atoms with van der Waals surface area (Å²) in [5.74, 6) is 0. The van der Waals surface area contributed by atoms with Crippen LogP contribution in [0.15, 0.2) is 133 Å². The number of thiophene rings is 2. The molecule has 0 aliphatic heterocycles. The molecule has 0 saturated carbocycles. The van der Waals surface area contributed by atoms with Crippen LogP contribution in [0.2, 0.25) is 0 Å². The van der Waals surface area contributed by atoms with Crippen LogP contribution in [0.25, 0.3) is 84.8 Å². The predicted octanol–water partition coefficient (Wildman–Crippen LogP) is 12.1. The highest BCUT2D eigenvalue weighted by Crippen LogP contribution is 2.48. The molecule has 40 heavy (non-hydrogen) atoms. The van der Waals surface area contributed by atoms with E-state index >= 15 is 0 Å². The van der Waals surface area contributed by atoms with Gasteiger partial charge < -0.3 is 0 Å². The summed E-state index contributed by atoms with van der Waals surface area (Å²) in [4.78, 5) is 0. The SMILES string of the molecule is c1ccc2cc(-c3c4ccccc4c(-c4cccc5sc6cc7ccsc7cc6c45)c4ccccc34)ccc2c1. The molecule has 2 aromatic heterocycles. The van der Waals surface area contributed by atoms with E-state index < -0.39 is 0 Å². The molecule has 0 fully saturated rings. The van der Waals surface area contributed by atoms with Gasteiger partial charge in [0.05, 0.1) is 0 Å². The minimum absolute atomic E-state index is 1.26. The quantitative estimate of drug-likeness (QED) is 0.191. The van der Waals surface area contributed by atoms with Crippen LogP contribution in [-0.2, 0) is 0 Å². The normalized spacial score (nSPS) is 12.0. The highest BCUT2D eigenvalue weighted by molar-refractivity contribution is 7.26. The summed E-state index contributed by atoms with van der Waals surface area (Å²) in [6.07, 6.45) is 0. The third-order valence-electron chi connectivity index (χ3n) is 8.31. The third-order valence-corrected chi connectivity index (χ3v) is 10.3. The molecule has 0 radical (unpaired) electrons. The molecule has 0 unspecified atom stereocenters. The van der Waals surface area contributed by atoms with Gasteiger partial charge in [0.25, 0.3) is 0 Å². The molecular formula is C38H22S2. The molecule has 0 aliphatic carbocycles. The molecule has 0 nitrogen and oxygen atoms in total. The van der Waals surface area contributed by atoms with Gasteiger partial charge in [-0.25, -0.2) is 0 Å². The molecule has 0 bridgehead atoms. The zero-order valence-corrected chi connectivity index (χ0v) is 23.2. The minimum atomic E-state index is 1.26. The second-order valence-corrected chi connectivity index (χ2v) is 12.5. The second kappa shape index (κ2) is 8.50. The van der Waals surface area contributed by atoms with Gasteiger partial charge in [-0.2, -0.15) is 0 Å². The summed E-state index contributed by atoms with van der Waals surface area (Å²) in [6, 6.07) is 47.4. The summed E-state index contributed by atoms with van der Waals surface area (Å²) in [5, 5.41) is 14.0. The van der Waals surface area contributed by atoms with Crippen molar-refractivity contribution in [3.63, 3.8) is 0 Å². The van der Waals surface area contributed by atoms with Gasteiger partial charge in [-0.3, -0.25) is 0 Å². The number of benzene rings is 7. The van der Waals surface area contributed by atoms with Crippen LogP contribution in [0.1, 0.15) is 0 Å².